The first kappa shape index (κ1) is 17.9. The summed E-state index contributed by atoms with van der Waals surface area (Å²) >= 11 is 0. The molecule has 0 bridgehead atoms. The fourth-order valence-corrected chi connectivity index (χ4v) is 5.32. The number of ether oxygens (including phenoxy) is 3. The van der Waals surface area contributed by atoms with Gasteiger partial charge in [0.15, 0.2) is 15.6 Å². The highest BCUT2D eigenvalue weighted by molar-refractivity contribution is 7.94. The van der Waals surface area contributed by atoms with Crippen molar-refractivity contribution in [3.05, 3.63) is 35.9 Å². The van der Waals surface area contributed by atoms with Gasteiger partial charge in [-0.05, 0) is 39.2 Å². The van der Waals surface area contributed by atoms with Gasteiger partial charge in [-0.3, -0.25) is 0 Å². The van der Waals surface area contributed by atoms with E-state index in [-0.39, 0.29) is 19.8 Å². The van der Waals surface area contributed by atoms with Gasteiger partial charge in [-0.15, -0.1) is 0 Å². The van der Waals surface area contributed by atoms with Gasteiger partial charge in [0.05, 0.1) is 31.2 Å². The number of hydrogen-bond donors (Lipinski definition) is 0. The lowest BCUT2D eigenvalue weighted by Crippen LogP contribution is -2.57. The predicted molar refractivity (Wildman–Crippen MR) is 91.4 cm³/mol. The molecule has 0 aromatic heterocycles. The van der Waals surface area contributed by atoms with Gasteiger partial charge in [0.25, 0.3) is 0 Å². The summed E-state index contributed by atoms with van der Waals surface area (Å²) in [5.41, 5.74) is 1.04. The van der Waals surface area contributed by atoms with Crippen molar-refractivity contribution in [1.82, 2.24) is 0 Å². The first-order chi connectivity index (χ1) is 11.2. The van der Waals surface area contributed by atoms with Gasteiger partial charge in [0.2, 0.25) is 0 Å². The number of benzene rings is 1. The molecule has 1 saturated heterocycles. The third kappa shape index (κ3) is 3.25. The third-order valence-corrected chi connectivity index (χ3v) is 8.15. The molecule has 5 nitrogen and oxygen atoms in total. The van der Waals surface area contributed by atoms with Crippen LogP contribution in [0.25, 0.3) is 0 Å². The summed E-state index contributed by atoms with van der Waals surface area (Å²) in [5.74, 6) is -0.727. The number of rotatable bonds is 6. The molecule has 1 aliphatic heterocycles. The van der Waals surface area contributed by atoms with Gasteiger partial charge in [-0.2, -0.15) is 0 Å². The summed E-state index contributed by atoms with van der Waals surface area (Å²) in [6.45, 7) is 6.28. The largest absolute Gasteiger partial charge is 0.375 e. The van der Waals surface area contributed by atoms with Crippen LogP contribution in [0.1, 0.15) is 39.2 Å². The summed E-state index contributed by atoms with van der Waals surface area (Å²) in [6.07, 6.45) is 1.28. The molecule has 0 amide bonds. The first-order valence-electron chi connectivity index (χ1n) is 8.34. The summed E-state index contributed by atoms with van der Waals surface area (Å²) in [5, 5.41) is 0. The van der Waals surface area contributed by atoms with Crippen LogP contribution in [0.3, 0.4) is 0 Å². The lowest BCUT2D eigenvalue weighted by atomic mass is 10.1. The molecule has 0 radical (unpaired) electrons. The average Bonchev–Trinajstić information content (AvgIpc) is 3.33. The van der Waals surface area contributed by atoms with Crippen molar-refractivity contribution >= 4 is 9.84 Å². The van der Waals surface area contributed by atoms with Gasteiger partial charge < -0.3 is 14.2 Å². The van der Waals surface area contributed by atoms with Gasteiger partial charge in [0.1, 0.15) is 4.75 Å². The Kier molecular flexibility index (Phi) is 4.53. The molecule has 0 spiro atoms. The molecule has 1 saturated carbocycles. The SMILES string of the molecule is CC1(C)OCC(C)(S(=O)(=O)C2(COCc3ccccc3)CC2)CO1. The van der Waals surface area contributed by atoms with Crippen molar-refractivity contribution in [2.45, 2.75) is 55.5 Å². The first-order valence-corrected chi connectivity index (χ1v) is 9.82. The fourth-order valence-electron chi connectivity index (χ4n) is 2.97. The minimum atomic E-state index is -3.43. The van der Waals surface area contributed by atoms with Crippen LogP contribution in [0.5, 0.6) is 0 Å². The van der Waals surface area contributed by atoms with Crippen LogP contribution in [-0.4, -0.2) is 43.5 Å². The smallest absolute Gasteiger partial charge is 0.168 e. The minimum Gasteiger partial charge on any atom is -0.375 e. The van der Waals surface area contributed by atoms with Crippen LogP contribution < -0.4 is 0 Å². The van der Waals surface area contributed by atoms with Crippen molar-refractivity contribution in [1.29, 1.82) is 0 Å². The van der Waals surface area contributed by atoms with Crippen LogP contribution in [0.15, 0.2) is 30.3 Å². The van der Waals surface area contributed by atoms with E-state index in [1.54, 1.807) is 20.8 Å². The lowest BCUT2D eigenvalue weighted by molar-refractivity contribution is -0.254. The molecule has 24 heavy (non-hydrogen) atoms. The fraction of sp³-hybridized carbons (Fsp3) is 0.667. The maximum atomic E-state index is 13.2. The van der Waals surface area contributed by atoms with Gasteiger partial charge >= 0.3 is 0 Å². The Balaban J connectivity index is 1.65. The van der Waals surface area contributed by atoms with Crippen molar-refractivity contribution in [2.24, 2.45) is 0 Å². The van der Waals surface area contributed by atoms with Crippen molar-refractivity contribution < 1.29 is 22.6 Å². The van der Waals surface area contributed by atoms with Gasteiger partial charge in [-0.1, -0.05) is 30.3 Å². The number of hydrogen-bond acceptors (Lipinski definition) is 5. The lowest BCUT2D eigenvalue weighted by Gasteiger charge is -2.42. The molecular formula is C18H26O5S. The highest BCUT2D eigenvalue weighted by Crippen LogP contribution is 2.49. The maximum absolute atomic E-state index is 13.2. The second-order valence-corrected chi connectivity index (χ2v) is 10.5. The van der Waals surface area contributed by atoms with Crippen LogP contribution in [-0.2, 0) is 30.7 Å². The Hall–Kier alpha value is -0.950. The Labute approximate surface area is 144 Å². The summed E-state index contributed by atoms with van der Waals surface area (Å²) in [7, 11) is -3.43. The molecule has 2 aliphatic rings. The quantitative estimate of drug-likeness (QED) is 0.786. The molecule has 6 heteroatoms. The van der Waals surface area contributed by atoms with E-state index >= 15 is 0 Å². The molecule has 2 fully saturated rings. The minimum absolute atomic E-state index is 0.156. The molecule has 134 valence electrons. The van der Waals surface area contributed by atoms with E-state index in [9.17, 15) is 8.42 Å². The second-order valence-electron chi connectivity index (χ2n) is 7.59. The topological polar surface area (TPSA) is 61.8 Å². The molecule has 0 N–H and O–H groups in total. The average molecular weight is 354 g/mol. The van der Waals surface area contributed by atoms with Crippen LogP contribution in [0.2, 0.25) is 0 Å². The molecule has 0 unspecified atom stereocenters. The van der Waals surface area contributed by atoms with Crippen LogP contribution in [0.4, 0.5) is 0 Å². The van der Waals surface area contributed by atoms with E-state index < -0.39 is 25.1 Å². The van der Waals surface area contributed by atoms with Crippen LogP contribution in [0, 0.1) is 0 Å². The number of sulfone groups is 1. The molecular weight excluding hydrogens is 328 g/mol. The molecule has 1 aromatic carbocycles. The normalized spacial score (nSPS) is 24.5. The molecule has 1 aromatic rings. The standard InChI is InChI=1S/C18H26O5S/c1-16(2)22-12-17(3,13-23-16)24(19,20)18(9-10-18)14-21-11-15-7-5-4-6-8-15/h4-8H,9-14H2,1-3H3. The zero-order valence-corrected chi connectivity index (χ0v) is 15.4. The van der Waals surface area contributed by atoms with E-state index in [1.165, 1.54) is 0 Å². The maximum Gasteiger partial charge on any atom is 0.168 e. The van der Waals surface area contributed by atoms with E-state index in [2.05, 4.69) is 0 Å². The Morgan fingerprint density at radius 1 is 1.04 bits per heavy atom. The second kappa shape index (κ2) is 6.09. The Morgan fingerprint density at radius 3 is 2.17 bits per heavy atom. The summed E-state index contributed by atoms with van der Waals surface area (Å²) in [4.78, 5) is 0. The Morgan fingerprint density at radius 2 is 1.62 bits per heavy atom. The van der Waals surface area contributed by atoms with Crippen molar-refractivity contribution in [2.75, 3.05) is 19.8 Å². The summed E-state index contributed by atoms with van der Waals surface area (Å²) < 4.78 is 41.6. The zero-order chi connectivity index (χ0) is 17.5. The Bertz CT molecular complexity index is 667. The molecule has 3 rings (SSSR count). The zero-order valence-electron chi connectivity index (χ0n) is 14.6. The van der Waals surface area contributed by atoms with E-state index in [1.807, 2.05) is 30.3 Å². The van der Waals surface area contributed by atoms with E-state index in [4.69, 9.17) is 14.2 Å². The van der Waals surface area contributed by atoms with Crippen LogP contribution >= 0.6 is 0 Å². The van der Waals surface area contributed by atoms with E-state index in [0.29, 0.717) is 19.4 Å². The molecule has 1 heterocycles. The van der Waals surface area contributed by atoms with Crippen molar-refractivity contribution in [3.63, 3.8) is 0 Å². The van der Waals surface area contributed by atoms with Crippen molar-refractivity contribution in [3.8, 4) is 0 Å². The molecule has 1 aliphatic carbocycles. The monoisotopic (exact) mass is 354 g/mol. The molecule has 0 atom stereocenters. The highest BCUT2D eigenvalue weighted by atomic mass is 32.2. The predicted octanol–water partition coefficient (Wildman–Crippen LogP) is 2.69. The van der Waals surface area contributed by atoms with E-state index in [0.717, 1.165) is 5.56 Å². The third-order valence-electron chi connectivity index (χ3n) is 4.95. The highest BCUT2D eigenvalue weighted by Gasteiger charge is 2.62. The summed E-state index contributed by atoms with van der Waals surface area (Å²) in [6, 6.07) is 9.78. The van der Waals surface area contributed by atoms with Gasteiger partial charge in [-0.25, -0.2) is 8.42 Å². The van der Waals surface area contributed by atoms with Gasteiger partial charge in [0, 0.05) is 0 Å².